The molecule has 2 aromatic heterocycles. The van der Waals surface area contributed by atoms with Crippen LogP contribution < -0.4 is 0 Å². The van der Waals surface area contributed by atoms with E-state index in [0.717, 1.165) is 0 Å². The number of aromatic nitrogens is 2. The maximum Gasteiger partial charge on any atom is 0.265 e. The van der Waals surface area contributed by atoms with Crippen LogP contribution in [0.4, 0.5) is 8.78 Å². The van der Waals surface area contributed by atoms with Crippen molar-refractivity contribution in [2.75, 3.05) is 0 Å². The summed E-state index contributed by atoms with van der Waals surface area (Å²) in [6.07, 6.45) is 2.96. The summed E-state index contributed by atoms with van der Waals surface area (Å²) >= 11 is 5.86. The number of fused-ring (bicyclic) bond motifs is 1. The largest absolute Gasteiger partial charge is 0.341 e. The zero-order valence-corrected chi connectivity index (χ0v) is 14.2. The van der Waals surface area contributed by atoms with Gasteiger partial charge in [0.25, 0.3) is 5.92 Å². The first-order valence-corrected chi connectivity index (χ1v) is 6.38. The molecule has 108 valence electrons. The molecule has 0 aliphatic carbocycles. The third-order valence-corrected chi connectivity index (χ3v) is 2.87. The van der Waals surface area contributed by atoms with Gasteiger partial charge in [-0.3, -0.25) is 0 Å². The molecule has 0 aliphatic heterocycles. The summed E-state index contributed by atoms with van der Waals surface area (Å²) in [7, 11) is 0. The molecular formula is C13H18ClF2IN2. The molecule has 0 atom stereocenters. The van der Waals surface area contributed by atoms with E-state index in [1.807, 2.05) is 13.8 Å². The van der Waals surface area contributed by atoms with Crippen molar-refractivity contribution in [3.63, 3.8) is 0 Å². The maximum atomic E-state index is 13.3. The van der Waals surface area contributed by atoms with Crippen LogP contribution in [0.15, 0.2) is 24.5 Å². The van der Waals surface area contributed by atoms with E-state index in [1.165, 1.54) is 17.7 Å². The molecule has 0 N–H and O–H groups in total. The van der Waals surface area contributed by atoms with Gasteiger partial charge in [0.05, 0.1) is 12.1 Å². The fourth-order valence-corrected chi connectivity index (χ4v) is 1.80. The summed E-state index contributed by atoms with van der Waals surface area (Å²) < 4.78 is 28.1. The molecule has 0 saturated heterocycles. The van der Waals surface area contributed by atoms with Gasteiger partial charge in [-0.2, -0.15) is 0 Å². The molecule has 0 bridgehead atoms. The van der Waals surface area contributed by atoms with Crippen LogP contribution in [-0.2, 0) is 6.54 Å². The number of hydrogen-bond donors (Lipinski definition) is 0. The fourth-order valence-electron chi connectivity index (χ4n) is 1.59. The van der Waals surface area contributed by atoms with Gasteiger partial charge >= 0.3 is 0 Å². The fraction of sp³-hybridized carbons (Fsp3) is 0.462. The van der Waals surface area contributed by atoms with Gasteiger partial charge in [-0.15, -0.1) is 24.0 Å². The molecule has 0 aromatic carbocycles. The normalized spacial score (nSPS) is 10.6. The molecule has 0 radical (unpaired) electrons. The average molecular weight is 403 g/mol. The second kappa shape index (κ2) is 7.99. The van der Waals surface area contributed by atoms with Crippen molar-refractivity contribution in [3.8, 4) is 0 Å². The highest BCUT2D eigenvalue weighted by Crippen LogP contribution is 2.26. The second-order valence-electron chi connectivity index (χ2n) is 3.69. The summed E-state index contributed by atoms with van der Waals surface area (Å²) in [5.74, 6) is -2.69. The van der Waals surface area contributed by atoms with E-state index in [1.54, 1.807) is 18.3 Å². The lowest BCUT2D eigenvalue weighted by molar-refractivity contribution is -0.0187. The number of nitrogens with zero attached hydrogens (tertiary/aromatic N) is 2. The molecule has 0 amide bonds. The Morgan fingerprint density at radius 3 is 2.53 bits per heavy atom. The SMILES string of the molecule is CC.CCC(F)(F)Cn1ccc2c(Cl)nccc21.I. The molecular weight excluding hydrogens is 385 g/mol. The number of alkyl halides is 2. The van der Waals surface area contributed by atoms with E-state index < -0.39 is 5.92 Å². The van der Waals surface area contributed by atoms with Crippen molar-refractivity contribution < 1.29 is 8.78 Å². The van der Waals surface area contributed by atoms with E-state index in [-0.39, 0.29) is 36.9 Å². The Morgan fingerprint density at radius 2 is 1.95 bits per heavy atom. The first-order valence-electron chi connectivity index (χ1n) is 6.01. The number of pyridine rings is 1. The van der Waals surface area contributed by atoms with Crippen molar-refractivity contribution in [2.45, 2.75) is 39.7 Å². The molecule has 0 aliphatic rings. The van der Waals surface area contributed by atoms with Gasteiger partial charge in [0.2, 0.25) is 0 Å². The predicted octanol–water partition coefficient (Wildman–Crippen LogP) is 5.38. The lowest BCUT2D eigenvalue weighted by Crippen LogP contribution is -2.22. The summed E-state index contributed by atoms with van der Waals surface area (Å²) in [6, 6.07) is 3.39. The molecule has 0 saturated carbocycles. The van der Waals surface area contributed by atoms with Crippen molar-refractivity contribution in [3.05, 3.63) is 29.7 Å². The van der Waals surface area contributed by atoms with Crippen LogP contribution in [0, 0.1) is 0 Å². The van der Waals surface area contributed by atoms with E-state index in [9.17, 15) is 8.78 Å². The summed E-state index contributed by atoms with van der Waals surface area (Å²) in [5.41, 5.74) is 0.688. The topological polar surface area (TPSA) is 17.8 Å². The minimum atomic E-state index is -2.69. The van der Waals surface area contributed by atoms with Crippen LogP contribution in [0.1, 0.15) is 27.2 Å². The van der Waals surface area contributed by atoms with Gasteiger partial charge < -0.3 is 4.57 Å². The molecule has 19 heavy (non-hydrogen) atoms. The standard InChI is InChI=1S/C11H11ClF2N2.C2H6.HI/c1-2-11(13,14)7-16-6-4-8-9(16)3-5-15-10(8)12;1-2;/h3-6H,2,7H2,1H3;1-2H3;1H. The molecule has 2 heterocycles. The smallest absolute Gasteiger partial charge is 0.265 e. The highest BCUT2D eigenvalue weighted by Gasteiger charge is 2.27. The first-order chi connectivity index (χ1) is 8.53. The third-order valence-electron chi connectivity index (χ3n) is 2.57. The minimum Gasteiger partial charge on any atom is -0.341 e. The lowest BCUT2D eigenvalue weighted by Gasteiger charge is -2.15. The highest BCUT2D eigenvalue weighted by atomic mass is 127. The van der Waals surface area contributed by atoms with E-state index in [0.29, 0.717) is 16.1 Å². The van der Waals surface area contributed by atoms with Gasteiger partial charge in [0.1, 0.15) is 5.15 Å². The van der Waals surface area contributed by atoms with Crippen molar-refractivity contribution in [1.29, 1.82) is 0 Å². The molecule has 2 aromatic rings. The predicted molar refractivity (Wildman–Crippen MR) is 86.7 cm³/mol. The summed E-state index contributed by atoms with van der Waals surface area (Å²) in [5, 5.41) is 1.05. The molecule has 0 spiro atoms. The Bertz CT molecular complexity index is 514. The molecule has 0 unspecified atom stereocenters. The highest BCUT2D eigenvalue weighted by molar-refractivity contribution is 14.0. The summed E-state index contributed by atoms with van der Waals surface area (Å²) in [6.45, 7) is 5.15. The van der Waals surface area contributed by atoms with Gasteiger partial charge in [-0.25, -0.2) is 13.8 Å². The molecule has 2 nitrogen and oxygen atoms in total. The Hall–Kier alpha value is -0.430. The van der Waals surface area contributed by atoms with E-state index >= 15 is 0 Å². The molecule has 2 rings (SSSR count). The first kappa shape index (κ1) is 18.6. The van der Waals surface area contributed by atoms with Crippen molar-refractivity contribution in [2.24, 2.45) is 0 Å². The Labute approximate surface area is 134 Å². The van der Waals surface area contributed by atoms with Gasteiger partial charge in [-0.1, -0.05) is 32.4 Å². The Balaban J connectivity index is 0.00000103. The van der Waals surface area contributed by atoms with Crippen LogP contribution in [-0.4, -0.2) is 15.5 Å². The third kappa shape index (κ3) is 4.56. The lowest BCUT2D eigenvalue weighted by atomic mass is 10.2. The Morgan fingerprint density at radius 1 is 1.32 bits per heavy atom. The maximum absolute atomic E-state index is 13.3. The number of halogens is 4. The Kier molecular flexibility index (Phi) is 7.81. The zero-order valence-electron chi connectivity index (χ0n) is 11.2. The minimum absolute atomic E-state index is 0. The van der Waals surface area contributed by atoms with Crippen molar-refractivity contribution >= 4 is 46.5 Å². The number of rotatable bonds is 3. The summed E-state index contributed by atoms with van der Waals surface area (Å²) in [4.78, 5) is 3.90. The molecule has 0 fully saturated rings. The van der Waals surface area contributed by atoms with Gasteiger partial charge in [0.15, 0.2) is 0 Å². The van der Waals surface area contributed by atoms with E-state index in [2.05, 4.69) is 4.98 Å². The van der Waals surface area contributed by atoms with Crippen LogP contribution in [0.25, 0.3) is 10.9 Å². The van der Waals surface area contributed by atoms with Gasteiger partial charge in [0, 0.05) is 24.2 Å². The molecule has 6 heteroatoms. The van der Waals surface area contributed by atoms with Gasteiger partial charge in [-0.05, 0) is 12.1 Å². The van der Waals surface area contributed by atoms with Crippen LogP contribution >= 0.6 is 35.6 Å². The van der Waals surface area contributed by atoms with E-state index in [4.69, 9.17) is 11.6 Å². The monoisotopic (exact) mass is 402 g/mol. The van der Waals surface area contributed by atoms with Crippen LogP contribution in [0.2, 0.25) is 5.15 Å². The second-order valence-corrected chi connectivity index (χ2v) is 4.05. The average Bonchev–Trinajstić information content (AvgIpc) is 2.76. The van der Waals surface area contributed by atoms with Crippen LogP contribution in [0.3, 0.4) is 0 Å². The van der Waals surface area contributed by atoms with Crippen LogP contribution in [0.5, 0.6) is 0 Å². The number of hydrogen-bond acceptors (Lipinski definition) is 1. The zero-order chi connectivity index (χ0) is 13.8. The quantitative estimate of drug-likeness (QED) is 0.498. The van der Waals surface area contributed by atoms with Crippen molar-refractivity contribution in [1.82, 2.24) is 9.55 Å².